The van der Waals surface area contributed by atoms with E-state index < -0.39 is 0 Å². The van der Waals surface area contributed by atoms with E-state index in [2.05, 4.69) is 31.3 Å². The molecule has 0 aromatic heterocycles. The first-order chi connectivity index (χ1) is 8.77. The van der Waals surface area contributed by atoms with Crippen LogP contribution in [0.25, 0.3) is 0 Å². The zero-order chi connectivity index (χ0) is 13.0. The van der Waals surface area contributed by atoms with Crippen molar-refractivity contribution in [1.82, 2.24) is 5.32 Å². The van der Waals surface area contributed by atoms with Crippen molar-refractivity contribution in [3.05, 3.63) is 29.8 Å². The fourth-order valence-corrected chi connectivity index (χ4v) is 2.82. The van der Waals surface area contributed by atoms with Gasteiger partial charge in [0.15, 0.2) is 0 Å². The second-order valence-corrected chi connectivity index (χ2v) is 4.81. The molecule has 18 heavy (non-hydrogen) atoms. The molecule has 0 amide bonds. The number of para-hydroxylation sites is 1. The van der Waals surface area contributed by atoms with E-state index in [0.717, 1.165) is 25.3 Å². The summed E-state index contributed by atoms with van der Waals surface area (Å²) in [5.74, 6) is 1.48. The topological polar surface area (TPSA) is 30.5 Å². The molecule has 0 saturated carbocycles. The van der Waals surface area contributed by atoms with Crippen molar-refractivity contribution in [3.8, 4) is 5.75 Å². The molecule has 1 saturated heterocycles. The Morgan fingerprint density at radius 3 is 2.83 bits per heavy atom. The fourth-order valence-electron chi connectivity index (χ4n) is 2.82. The van der Waals surface area contributed by atoms with Crippen molar-refractivity contribution < 1.29 is 9.47 Å². The highest BCUT2D eigenvalue weighted by atomic mass is 16.5. The highest BCUT2D eigenvalue weighted by molar-refractivity contribution is 5.36. The molecule has 1 N–H and O–H groups in total. The summed E-state index contributed by atoms with van der Waals surface area (Å²) in [5.41, 5.74) is 1.24. The first-order valence-electron chi connectivity index (χ1n) is 6.75. The van der Waals surface area contributed by atoms with E-state index in [0.29, 0.717) is 18.1 Å². The van der Waals surface area contributed by atoms with Crippen LogP contribution in [-0.4, -0.2) is 26.4 Å². The molecule has 100 valence electrons. The van der Waals surface area contributed by atoms with Crippen molar-refractivity contribution in [3.63, 3.8) is 0 Å². The molecular weight excluding hydrogens is 226 g/mol. The predicted octanol–water partition coefficient (Wildman–Crippen LogP) is 2.77. The molecule has 1 aliphatic heterocycles. The Hall–Kier alpha value is -1.06. The Kier molecular flexibility index (Phi) is 4.61. The molecule has 1 heterocycles. The van der Waals surface area contributed by atoms with Gasteiger partial charge in [-0.05, 0) is 26.0 Å². The molecular formula is C15H23NO2. The third kappa shape index (κ3) is 2.68. The Labute approximate surface area is 109 Å². The number of rotatable bonds is 5. The van der Waals surface area contributed by atoms with Gasteiger partial charge in [-0.1, -0.05) is 25.1 Å². The van der Waals surface area contributed by atoms with Gasteiger partial charge in [0.2, 0.25) is 0 Å². The Balaban J connectivity index is 2.28. The molecule has 0 radical (unpaired) electrons. The Morgan fingerprint density at radius 2 is 2.22 bits per heavy atom. The molecule has 1 aromatic rings. The SMILES string of the molecule is CCNC(c1ccccc1OC)C1CCOC1C. The van der Waals surface area contributed by atoms with E-state index in [1.807, 2.05) is 12.1 Å². The van der Waals surface area contributed by atoms with E-state index in [1.54, 1.807) is 7.11 Å². The zero-order valence-electron chi connectivity index (χ0n) is 11.5. The molecule has 3 atom stereocenters. The average Bonchev–Trinajstić information content (AvgIpc) is 2.82. The minimum Gasteiger partial charge on any atom is -0.496 e. The summed E-state index contributed by atoms with van der Waals surface area (Å²) in [6.07, 6.45) is 1.41. The normalized spacial score (nSPS) is 25.1. The van der Waals surface area contributed by atoms with Crippen LogP contribution in [0.2, 0.25) is 0 Å². The third-order valence-electron chi connectivity index (χ3n) is 3.76. The Morgan fingerprint density at radius 1 is 1.44 bits per heavy atom. The van der Waals surface area contributed by atoms with Crippen molar-refractivity contribution in [2.45, 2.75) is 32.4 Å². The monoisotopic (exact) mass is 249 g/mol. The van der Waals surface area contributed by atoms with Gasteiger partial charge in [-0.15, -0.1) is 0 Å². The summed E-state index contributed by atoms with van der Waals surface area (Å²) in [7, 11) is 1.73. The van der Waals surface area contributed by atoms with Gasteiger partial charge in [0.05, 0.1) is 13.2 Å². The highest BCUT2D eigenvalue weighted by Crippen LogP contribution is 2.36. The van der Waals surface area contributed by atoms with Gasteiger partial charge in [-0.3, -0.25) is 0 Å². The molecule has 1 aliphatic rings. The zero-order valence-corrected chi connectivity index (χ0v) is 11.5. The van der Waals surface area contributed by atoms with Gasteiger partial charge in [0.1, 0.15) is 5.75 Å². The molecule has 0 spiro atoms. The molecule has 3 heteroatoms. The number of hydrogen-bond acceptors (Lipinski definition) is 3. The standard InChI is InChI=1S/C15H23NO2/c1-4-16-15(12-9-10-18-11(12)2)13-7-5-6-8-14(13)17-3/h5-8,11-12,15-16H,4,9-10H2,1-3H3. The van der Waals surface area contributed by atoms with Gasteiger partial charge in [0.25, 0.3) is 0 Å². The largest absolute Gasteiger partial charge is 0.496 e. The van der Waals surface area contributed by atoms with Crippen LogP contribution < -0.4 is 10.1 Å². The van der Waals surface area contributed by atoms with Gasteiger partial charge in [-0.25, -0.2) is 0 Å². The lowest BCUT2D eigenvalue weighted by atomic mass is 9.87. The molecule has 0 aliphatic carbocycles. The van der Waals surface area contributed by atoms with Crippen molar-refractivity contribution >= 4 is 0 Å². The predicted molar refractivity (Wildman–Crippen MR) is 72.9 cm³/mol. The Bertz CT molecular complexity index is 381. The lowest BCUT2D eigenvalue weighted by molar-refractivity contribution is 0.0952. The van der Waals surface area contributed by atoms with Crippen LogP contribution in [0, 0.1) is 5.92 Å². The van der Waals surface area contributed by atoms with Crippen LogP contribution in [-0.2, 0) is 4.74 Å². The number of ether oxygens (including phenoxy) is 2. The fraction of sp³-hybridized carbons (Fsp3) is 0.600. The number of benzene rings is 1. The minimum atomic E-state index is 0.305. The molecule has 1 fully saturated rings. The summed E-state index contributed by atoms with van der Waals surface area (Å²) in [4.78, 5) is 0. The van der Waals surface area contributed by atoms with Crippen LogP contribution in [0.5, 0.6) is 5.75 Å². The molecule has 1 aromatic carbocycles. The van der Waals surface area contributed by atoms with Crippen LogP contribution in [0.15, 0.2) is 24.3 Å². The summed E-state index contributed by atoms with van der Waals surface area (Å²) in [6, 6.07) is 8.57. The van der Waals surface area contributed by atoms with Gasteiger partial charge >= 0.3 is 0 Å². The summed E-state index contributed by atoms with van der Waals surface area (Å²) >= 11 is 0. The second kappa shape index (κ2) is 6.21. The first kappa shape index (κ1) is 13.4. The lowest BCUT2D eigenvalue weighted by Crippen LogP contribution is -2.32. The second-order valence-electron chi connectivity index (χ2n) is 4.81. The lowest BCUT2D eigenvalue weighted by Gasteiger charge is -2.28. The van der Waals surface area contributed by atoms with E-state index in [9.17, 15) is 0 Å². The maximum absolute atomic E-state index is 5.71. The highest BCUT2D eigenvalue weighted by Gasteiger charge is 2.33. The smallest absolute Gasteiger partial charge is 0.123 e. The summed E-state index contributed by atoms with van der Waals surface area (Å²) in [6.45, 7) is 6.12. The van der Waals surface area contributed by atoms with Crippen molar-refractivity contribution in [2.75, 3.05) is 20.3 Å². The minimum absolute atomic E-state index is 0.305. The molecule has 3 unspecified atom stereocenters. The van der Waals surface area contributed by atoms with Crippen molar-refractivity contribution in [1.29, 1.82) is 0 Å². The average molecular weight is 249 g/mol. The molecule has 3 nitrogen and oxygen atoms in total. The van der Waals surface area contributed by atoms with Gasteiger partial charge in [0, 0.05) is 24.1 Å². The van der Waals surface area contributed by atoms with E-state index in [-0.39, 0.29) is 0 Å². The number of methoxy groups -OCH3 is 1. The molecule has 2 rings (SSSR count). The first-order valence-corrected chi connectivity index (χ1v) is 6.75. The van der Waals surface area contributed by atoms with E-state index >= 15 is 0 Å². The van der Waals surface area contributed by atoms with E-state index in [1.165, 1.54) is 5.56 Å². The number of nitrogens with one attached hydrogen (secondary N) is 1. The van der Waals surface area contributed by atoms with Crippen LogP contribution in [0.1, 0.15) is 31.9 Å². The van der Waals surface area contributed by atoms with Crippen LogP contribution in [0.3, 0.4) is 0 Å². The van der Waals surface area contributed by atoms with Crippen LogP contribution in [0.4, 0.5) is 0 Å². The maximum Gasteiger partial charge on any atom is 0.123 e. The summed E-state index contributed by atoms with van der Waals surface area (Å²) < 4.78 is 11.2. The van der Waals surface area contributed by atoms with Gasteiger partial charge in [-0.2, -0.15) is 0 Å². The van der Waals surface area contributed by atoms with Gasteiger partial charge < -0.3 is 14.8 Å². The van der Waals surface area contributed by atoms with E-state index in [4.69, 9.17) is 9.47 Å². The maximum atomic E-state index is 5.71. The van der Waals surface area contributed by atoms with Crippen LogP contribution >= 0.6 is 0 Å². The summed E-state index contributed by atoms with van der Waals surface area (Å²) in [5, 5.41) is 3.59. The van der Waals surface area contributed by atoms with Crippen molar-refractivity contribution in [2.24, 2.45) is 5.92 Å². The third-order valence-corrected chi connectivity index (χ3v) is 3.76. The number of hydrogen-bond donors (Lipinski definition) is 1. The molecule has 0 bridgehead atoms. The quantitative estimate of drug-likeness (QED) is 0.870.